The van der Waals surface area contributed by atoms with Gasteiger partial charge < -0.3 is 20.1 Å². The number of phosphoric acid groups is 1. The van der Waals surface area contributed by atoms with Crippen LogP contribution in [0.25, 0.3) is 0 Å². The van der Waals surface area contributed by atoms with Crippen LogP contribution < -0.4 is 5.73 Å². The minimum atomic E-state index is -4.39. The molecule has 57 heavy (non-hydrogen) atoms. The maximum atomic E-state index is 12.6. The number of phosphoric ester groups is 1. The third-order valence-electron chi connectivity index (χ3n) is 9.69. The highest BCUT2D eigenvalue weighted by molar-refractivity contribution is 7.47. The molecule has 0 saturated carbocycles. The fourth-order valence-electron chi connectivity index (χ4n) is 6.23. The van der Waals surface area contributed by atoms with Crippen LogP contribution in [0, 0.1) is 0 Å². The van der Waals surface area contributed by atoms with Gasteiger partial charge in [-0.25, -0.2) is 4.57 Å². The molecule has 0 radical (unpaired) electrons. The number of carbonyl (C=O) groups excluding carboxylic acids is 2. The number of hydrogen-bond donors (Lipinski definition) is 2. The normalized spacial score (nSPS) is 13.7. The van der Waals surface area contributed by atoms with Crippen molar-refractivity contribution in [2.45, 2.75) is 213 Å². The number of ether oxygens (including phenoxy) is 2. The molecule has 0 rings (SSSR count). The Morgan fingerprint density at radius 1 is 0.526 bits per heavy atom. The van der Waals surface area contributed by atoms with Crippen LogP contribution in [-0.2, 0) is 32.7 Å². The number of rotatable bonds is 43. The Morgan fingerprint density at radius 3 is 1.42 bits per heavy atom. The zero-order chi connectivity index (χ0) is 41.8. The number of allylic oxidation sites excluding steroid dienone is 8. The second-order valence-electron chi connectivity index (χ2n) is 15.3. The van der Waals surface area contributed by atoms with Crippen molar-refractivity contribution in [3.8, 4) is 0 Å². The molecule has 1 unspecified atom stereocenters. The summed E-state index contributed by atoms with van der Waals surface area (Å²) in [4.78, 5) is 34.9. The highest BCUT2D eigenvalue weighted by Crippen LogP contribution is 2.43. The van der Waals surface area contributed by atoms with Gasteiger partial charge in [0.05, 0.1) is 13.2 Å². The number of nitrogens with two attached hydrogens (primary N) is 1. The molecule has 10 heteroatoms. The summed E-state index contributed by atoms with van der Waals surface area (Å²) in [5, 5.41) is 0. The number of carbonyl (C=O) groups is 2. The van der Waals surface area contributed by atoms with Gasteiger partial charge >= 0.3 is 19.8 Å². The van der Waals surface area contributed by atoms with E-state index in [1.807, 2.05) is 6.08 Å². The average Bonchev–Trinajstić information content (AvgIpc) is 3.20. The lowest BCUT2D eigenvalue weighted by Gasteiger charge is -2.19. The van der Waals surface area contributed by atoms with E-state index in [1.165, 1.54) is 128 Å². The molecule has 0 aromatic carbocycles. The van der Waals surface area contributed by atoms with Crippen LogP contribution in [0.15, 0.2) is 48.6 Å². The molecule has 0 saturated heterocycles. The van der Waals surface area contributed by atoms with E-state index in [0.29, 0.717) is 12.8 Å². The third-order valence-corrected chi connectivity index (χ3v) is 10.7. The van der Waals surface area contributed by atoms with Crippen LogP contribution >= 0.6 is 7.82 Å². The largest absolute Gasteiger partial charge is 0.472 e. The first kappa shape index (κ1) is 55.0. The Labute approximate surface area is 349 Å². The van der Waals surface area contributed by atoms with E-state index < -0.39 is 32.5 Å². The van der Waals surface area contributed by atoms with Crippen molar-refractivity contribution in [3.63, 3.8) is 0 Å². The first-order valence-corrected chi connectivity index (χ1v) is 24.6. The quantitative estimate of drug-likeness (QED) is 0.0267. The number of unbranched alkanes of at least 4 members (excludes halogenated alkanes) is 22. The SMILES string of the molecule is CCCCCCCC/C=C/C/C=C/C/C=C/CCCC(=O)O[C@H](COC(=O)CCCCCCCCCCC/C=C/CCCCCCCC)COP(=O)(O)OCCN. The number of hydrogen-bond acceptors (Lipinski definition) is 8. The summed E-state index contributed by atoms with van der Waals surface area (Å²) >= 11 is 0. The summed E-state index contributed by atoms with van der Waals surface area (Å²) in [6, 6.07) is 0. The van der Waals surface area contributed by atoms with Crippen LogP contribution in [0.4, 0.5) is 0 Å². The lowest BCUT2D eigenvalue weighted by Crippen LogP contribution is -2.29. The Bertz CT molecular complexity index is 1080. The zero-order valence-electron chi connectivity index (χ0n) is 36.6. The topological polar surface area (TPSA) is 134 Å². The van der Waals surface area contributed by atoms with Gasteiger partial charge in [-0.05, 0) is 70.6 Å². The maximum absolute atomic E-state index is 12.6. The smallest absolute Gasteiger partial charge is 0.462 e. The number of esters is 2. The molecule has 0 fully saturated rings. The monoisotopic (exact) mass is 824 g/mol. The molecule has 0 spiro atoms. The van der Waals surface area contributed by atoms with Crippen molar-refractivity contribution in [3.05, 3.63) is 48.6 Å². The van der Waals surface area contributed by atoms with Gasteiger partial charge in [0.1, 0.15) is 6.61 Å². The molecule has 0 aromatic heterocycles. The molecule has 0 aliphatic rings. The summed E-state index contributed by atoms with van der Waals surface area (Å²) in [6.07, 6.45) is 50.1. The van der Waals surface area contributed by atoms with Crippen LogP contribution in [0.3, 0.4) is 0 Å². The molecule has 9 nitrogen and oxygen atoms in total. The predicted octanol–water partition coefficient (Wildman–Crippen LogP) is 13.5. The van der Waals surface area contributed by atoms with E-state index in [-0.39, 0.29) is 32.6 Å². The second-order valence-corrected chi connectivity index (χ2v) is 16.7. The summed E-state index contributed by atoms with van der Waals surface area (Å²) in [5.41, 5.74) is 5.35. The van der Waals surface area contributed by atoms with E-state index in [9.17, 15) is 19.0 Å². The van der Waals surface area contributed by atoms with Gasteiger partial charge in [-0.3, -0.25) is 18.6 Å². The molecule has 2 atom stereocenters. The standard InChI is InChI=1S/C47H86NO8P/c1-3-5-7-9-11-13-15-17-19-21-22-24-25-27-29-31-33-35-37-39-46(49)53-43-45(44-55-57(51,52)54-42-41-48)56-47(50)40-38-36-34-32-30-28-26-23-20-18-16-14-12-10-8-6-4-2/h17-20,26,28,32,34,45H,3-16,21-25,27,29-31,33,35-44,48H2,1-2H3,(H,51,52)/b19-17+,20-18+,28-26+,34-32+/t45-/m1/s1. The van der Waals surface area contributed by atoms with Gasteiger partial charge in [0.25, 0.3) is 0 Å². The molecular weight excluding hydrogens is 737 g/mol. The van der Waals surface area contributed by atoms with Crippen LogP contribution in [0.5, 0.6) is 0 Å². The van der Waals surface area contributed by atoms with Gasteiger partial charge in [-0.2, -0.15) is 0 Å². The van der Waals surface area contributed by atoms with E-state index in [4.69, 9.17) is 24.3 Å². The Kier molecular flexibility index (Phi) is 42.0. The lowest BCUT2D eigenvalue weighted by atomic mass is 10.1. The lowest BCUT2D eigenvalue weighted by molar-refractivity contribution is -0.161. The predicted molar refractivity (Wildman–Crippen MR) is 238 cm³/mol. The maximum Gasteiger partial charge on any atom is 0.472 e. The summed E-state index contributed by atoms with van der Waals surface area (Å²) in [7, 11) is -4.39. The van der Waals surface area contributed by atoms with Crippen molar-refractivity contribution in [2.24, 2.45) is 5.73 Å². The molecule has 0 heterocycles. The molecule has 3 N–H and O–H groups in total. The van der Waals surface area contributed by atoms with E-state index in [2.05, 4.69) is 56.4 Å². The Balaban J connectivity index is 4.18. The van der Waals surface area contributed by atoms with Crippen LogP contribution in [0.2, 0.25) is 0 Å². The minimum absolute atomic E-state index is 0.0445. The van der Waals surface area contributed by atoms with Gasteiger partial charge in [-0.15, -0.1) is 0 Å². The average molecular weight is 824 g/mol. The summed E-state index contributed by atoms with van der Waals surface area (Å²) in [6.45, 7) is 3.67. The molecule has 0 bridgehead atoms. The molecule has 0 amide bonds. The van der Waals surface area contributed by atoms with Gasteiger partial charge in [0.2, 0.25) is 0 Å². The van der Waals surface area contributed by atoms with Crippen LogP contribution in [0.1, 0.15) is 206 Å². The molecule has 0 aliphatic carbocycles. The first-order chi connectivity index (χ1) is 27.8. The van der Waals surface area contributed by atoms with Gasteiger partial charge in [0.15, 0.2) is 6.10 Å². The summed E-state index contributed by atoms with van der Waals surface area (Å²) < 4.78 is 32.8. The van der Waals surface area contributed by atoms with Crippen molar-refractivity contribution in [2.75, 3.05) is 26.4 Å². The zero-order valence-corrected chi connectivity index (χ0v) is 37.5. The third kappa shape index (κ3) is 43.4. The highest BCUT2D eigenvalue weighted by atomic mass is 31.2. The fraction of sp³-hybridized carbons (Fsp3) is 0.787. The molecule has 332 valence electrons. The Hall–Kier alpha value is -2.03. The van der Waals surface area contributed by atoms with Crippen molar-refractivity contribution < 1.29 is 37.6 Å². The van der Waals surface area contributed by atoms with Crippen LogP contribution in [-0.4, -0.2) is 49.3 Å². The fourth-order valence-corrected chi connectivity index (χ4v) is 7.00. The van der Waals surface area contributed by atoms with E-state index >= 15 is 0 Å². The van der Waals surface area contributed by atoms with E-state index in [0.717, 1.165) is 38.5 Å². The van der Waals surface area contributed by atoms with Crippen molar-refractivity contribution >= 4 is 19.8 Å². The highest BCUT2D eigenvalue weighted by Gasteiger charge is 2.26. The van der Waals surface area contributed by atoms with Crippen molar-refractivity contribution in [1.82, 2.24) is 0 Å². The molecular formula is C47H86NO8P. The van der Waals surface area contributed by atoms with E-state index in [1.54, 1.807) is 0 Å². The van der Waals surface area contributed by atoms with Crippen molar-refractivity contribution in [1.29, 1.82) is 0 Å². The molecule has 0 aliphatic heterocycles. The van der Waals surface area contributed by atoms with Gasteiger partial charge in [0, 0.05) is 19.4 Å². The Morgan fingerprint density at radius 2 is 0.930 bits per heavy atom. The second kappa shape index (κ2) is 43.5. The minimum Gasteiger partial charge on any atom is -0.462 e. The molecule has 0 aromatic rings. The summed E-state index contributed by atoms with van der Waals surface area (Å²) in [5.74, 6) is -0.890. The first-order valence-electron chi connectivity index (χ1n) is 23.1. The van der Waals surface area contributed by atoms with Gasteiger partial charge in [-0.1, -0.05) is 172 Å².